The molecule has 12 heavy (non-hydrogen) atoms. The number of aliphatic hydroxyl groups excluding tert-OH is 1. The predicted molar refractivity (Wildman–Crippen MR) is 41.5 cm³/mol. The molecular weight excluding hydrogens is 160 g/mol. The number of aliphatic hydroxyl groups is 1. The van der Waals surface area contributed by atoms with Crippen molar-refractivity contribution < 1.29 is 14.7 Å². The molecule has 0 radical (unpaired) electrons. The van der Waals surface area contributed by atoms with Gasteiger partial charge in [-0.3, -0.25) is 9.59 Å². The second-order valence-electron chi connectivity index (χ2n) is 2.84. The molecule has 0 aromatic rings. The van der Waals surface area contributed by atoms with E-state index in [9.17, 15) is 9.59 Å². The molecular formula is C7H12N2O3. The molecule has 0 amide bonds. The molecule has 0 saturated carbocycles. The number of nitrogens with two attached hydrogens (primary N) is 1. The molecule has 5 nitrogen and oxygen atoms in total. The van der Waals surface area contributed by atoms with Crippen molar-refractivity contribution >= 4 is 11.6 Å². The fraction of sp³-hybridized carbons (Fsp3) is 0.714. The van der Waals surface area contributed by atoms with Gasteiger partial charge in [0.25, 0.3) is 0 Å². The van der Waals surface area contributed by atoms with Crippen molar-refractivity contribution in [3.05, 3.63) is 0 Å². The zero-order valence-corrected chi connectivity index (χ0v) is 6.62. The van der Waals surface area contributed by atoms with E-state index in [4.69, 9.17) is 10.8 Å². The first-order valence-electron chi connectivity index (χ1n) is 3.83. The van der Waals surface area contributed by atoms with E-state index in [0.29, 0.717) is 13.0 Å². The summed E-state index contributed by atoms with van der Waals surface area (Å²) in [5.74, 6) is -1.10. The summed E-state index contributed by atoms with van der Waals surface area (Å²) in [6, 6.07) is -0.531. The molecule has 5 heteroatoms. The Balaban J connectivity index is 2.48. The van der Waals surface area contributed by atoms with E-state index in [0.717, 1.165) is 0 Å². The van der Waals surface area contributed by atoms with Crippen molar-refractivity contribution in [3.8, 4) is 0 Å². The van der Waals surface area contributed by atoms with E-state index in [-0.39, 0.29) is 6.54 Å². The second kappa shape index (κ2) is 3.75. The maximum absolute atomic E-state index is 11.1. The lowest BCUT2D eigenvalue weighted by atomic mass is 10.1. The van der Waals surface area contributed by atoms with Crippen LogP contribution in [0.3, 0.4) is 0 Å². The molecule has 0 aromatic heterocycles. The van der Waals surface area contributed by atoms with Crippen molar-refractivity contribution in [2.45, 2.75) is 18.6 Å². The molecule has 68 valence electrons. The Labute approximate surface area is 69.9 Å². The first kappa shape index (κ1) is 9.31. The monoisotopic (exact) mass is 172 g/mol. The van der Waals surface area contributed by atoms with Gasteiger partial charge >= 0.3 is 0 Å². The maximum Gasteiger partial charge on any atom is 0.216 e. The second-order valence-corrected chi connectivity index (χ2v) is 2.84. The predicted octanol–water partition coefficient (Wildman–Crippen LogP) is -2.19. The van der Waals surface area contributed by atoms with E-state index >= 15 is 0 Å². The van der Waals surface area contributed by atoms with Gasteiger partial charge in [-0.2, -0.15) is 0 Å². The van der Waals surface area contributed by atoms with Crippen LogP contribution in [0, 0.1) is 0 Å². The third-order valence-corrected chi connectivity index (χ3v) is 1.88. The highest BCUT2D eigenvalue weighted by Crippen LogP contribution is 2.07. The number of nitrogens with one attached hydrogen (secondary N) is 1. The number of ketones is 2. The quantitative estimate of drug-likeness (QED) is 0.420. The number of Topliss-reactive ketones (excluding diaryl/α,β-unsaturated/α-hetero) is 2. The molecule has 0 aromatic carbocycles. The van der Waals surface area contributed by atoms with Crippen LogP contribution in [-0.2, 0) is 9.59 Å². The van der Waals surface area contributed by atoms with E-state index in [2.05, 4.69) is 5.32 Å². The van der Waals surface area contributed by atoms with E-state index in [1.165, 1.54) is 0 Å². The third-order valence-electron chi connectivity index (χ3n) is 1.88. The van der Waals surface area contributed by atoms with Gasteiger partial charge in [0.15, 0.2) is 0 Å². The lowest BCUT2D eigenvalue weighted by Gasteiger charge is -2.05. The number of carbonyl (C=O) groups is 2. The zero-order chi connectivity index (χ0) is 9.14. The Kier molecular flexibility index (Phi) is 2.91. The minimum atomic E-state index is -0.582. The molecule has 1 heterocycles. The van der Waals surface area contributed by atoms with Gasteiger partial charge in [-0.15, -0.1) is 0 Å². The number of hydrogen-bond acceptors (Lipinski definition) is 5. The summed E-state index contributed by atoms with van der Waals surface area (Å²) in [4.78, 5) is 21.9. The van der Waals surface area contributed by atoms with Gasteiger partial charge in [0.05, 0.1) is 18.7 Å². The molecule has 0 unspecified atom stereocenters. The van der Waals surface area contributed by atoms with Crippen LogP contribution < -0.4 is 11.1 Å². The zero-order valence-electron chi connectivity index (χ0n) is 6.62. The van der Waals surface area contributed by atoms with Crippen LogP contribution in [0.1, 0.15) is 6.42 Å². The summed E-state index contributed by atoms with van der Waals surface area (Å²) in [6.07, 6.45) is -0.213. The lowest BCUT2D eigenvalue weighted by Crippen LogP contribution is -2.38. The van der Waals surface area contributed by atoms with Gasteiger partial charge in [-0.25, -0.2) is 0 Å². The van der Waals surface area contributed by atoms with Gasteiger partial charge < -0.3 is 16.2 Å². The molecule has 1 fully saturated rings. The van der Waals surface area contributed by atoms with Crippen LogP contribution in [0.15, 0.2) is 0 Å². The molecule has 0 spiro atoms. The van der Waals surface area contributed by atoms with Crippen LogP contribution in [0.25, 0.3) is 0 Å². The van der Waals surface area contributed by atoms with Crippen LogP contribution >= 0.6 is 0 Å². The third kappa shape index (κ3) is 1.88. The minimum Gasteiger partial charge on any atom is -0.392 e. The summed E-state index contributed by atoms with van der Waals surface area (Å²) >= 11 is 0. The van der Waals surface area contributed by atoms with Gasteiger partial charge in [0, 0.05) is 6.54 Å². The maximum atomic E-state index is 11.1. The summed E-state index contributed by atoms with van der Waals surface area (Å²) in [5.41, 5.74) is 5.01. The topological polar surface area (TPSA) is 92.4 Å². The Morgan fingerprint density at radius 2 is 2.25 bits per heavy atom. The first-order valence-corrected chi connectivity index (χ1v) is 3.83. The largest absolute Gasteiger partial charge is 0.392 e. The van der Waals surface area contributed by atoms with Gasteiger partial charge in [0.1, 0.15) is 0 Å². The average molecular weight is 172 g/mol. The van der Waals surface area contributed by atoms with Crippen molar-refractivity contribution in [2.75, 3.05) is 13.1 Å². The SMILES string of the molecule is NCC(=O)C(=O)[C@@H]1C[C@@H](O)CN1. The summed E-state index contributed by atoms with van der Waals surface area (Å²) in [7, 11) is 0. The van der Waals surface area contributed by atoms with Crippen LogP contribution in [0.4, 0.5) is 0 Å². The average Bonchev–Trinajstić information content (AvgIpc) is 2.49. The Morgan fingerprint density at radius 3 is 2.67 bits per heavy atom. The van der Waals surface area contributed by atoms with E-state index < -0.39 is 23.7 Å². The summed E-state index contributed by atoms with van der Waals surface area (Å²) in [5, 5.41) is 11.8. The molecule has 4 N–H and O–H groups in total. The molecule has 1 aliphatic rings. The highest BCUT2D eigenvalue weighted by atomic mass is 16.3. The standard InChI is InChI=1S/C7H12N2O3/c8-2-6(11)7(12)5-1-4(10)3-9-5/h4-5,9-10H,1-3,8H2/t4-,5+/m1/s1. The molecule has 2 atom stereocenters. The number of hydrogen-bond donors (Lipinski definition) is 3. The number of carbonyl (C=O) groups excluding carboxylic acids is 2. The Hall–Kier alpha value is -0.780. The molecule has 0 bridgehead atoms. The number of rotatable bonds is 3. The minimum absolute atomic E-state index is 0.257. The molecule has 1 saturated heterocycles. The normalized spacial score (nSPS) is 28.8. The van der Waals surface area contributed by atoms with Crippen molar-refractivity contribution in [1.82, 2.24) is 5.32 Å². The first-order chi connectivity index (χ1) is 5.65. The van der Waals surface area contributed by atoms with Crippen molar-refractivity contribution in [1.29, 1.82) is 0 Å². The lowest BCUT2D eigenvalue weighted by molar-refractivity contribution is -0.136. The van der Waals surface area contributed by atoms with Crippen LogP contribution in [0.5, 0.6) is 0 Å². The fourth-order valence-corrected chi connectivity index (χ4v) is 1.21. The summed E-state index contributed by atoms with van der Waals surface area (Å²) < 4.78 is 0. The van der Waals surface area contributed by atoms with Crippen LogP contribution in [0.2, 0.25) is 0 Å². The molecule has 1 aliphatic heterocycles. The van der Waals surface area contributed by atoms with Crippen molar-refractivity contribution in [3.63, 3.8) is 0 Å². The fourth-order valence-electron chi connectivity index (χ4n) is 1.21. The summed E-state index contributed by atoms with van der Waals surface area (Å²) in [6.45, 7) is 0.112. The van der Waals surface area contributed by atoms with Crippen molar-refractivity contribution in [2.24, 2.45) is 5.73 Å². The van der Waals surface area contributed by atoms with E-state index in [1.807, 2.05) is 0 Å². The van der Waals surface area contributed by atoms with Crippen LogP contribution in [-0.4, -0.2) is 41.9 Å². The number of β-amino-alcohol motifs (C(OH)–C–C–N with tert-alkyl or cyclic N) is 1. The highest BCUT2D eigenvalue weighted by Gasteiger charge is 2.30. The van der Waals surface area contributed by atoms with E-state index in [1.54, 1.807) is 0 Å². The molecule has 0 aliphatic carbocycles. The van der Waals surface area contributed by atoms with Gasteiger partial charge in [-0.05, 0) is 6.42 Å². The highest BCUT2D eigenvalue weighted by molar-refractivity contribution is 6.39. The van der Waals surface area contributed by atoms with Gasteiger partial charge in [0.2, 0.25) is 11.6 Å². The molecule has 1 rings (SSSR count). The Morgan fingerprint density at radius 1 is 1.58 bits per heavy atom. The Bertz CT molecular complexity index is 205. The van der Waals surface area contributed by atoms with Gasteiger partial charge in [-0.1, -0.05) is 0 Å². The smallest absolute Gasteiger partial charge is 0.216 e.